The molecule has 1 aromatic carbocycles. The Morgan fingerprint density at radius 1 is 1.27 bits per heavy atom. The number of benzene rings is 1. The molecule has 0 amide bonds. The highest BCUT2D eigenvalue weighted by molar-refractivity contribution is 7.16. The molecule has 0 bridgehead atoms. The summed E-state index contributed by atoms with van der Waals surface area (Å²) in [5, 5.41) is 4.63. The predicted molar refractivity (Wildman–Crippen MR) is 101 cm³/mol. The van der Waals surface area contributed by atoms with Crippen molar-refractivity contribution < 1.29 is 4.39 Å². The van der Waals surface area contributed by atoms with E-state index in [1.165, 1.54) is 11.3 Å². The zero-order valence-electron chi connectivity index (χ0n) is 14.1. The quantitative estimate of drug-likeness (QED) is 0.582. The van der Waals surface area contributed by atoms with Crippen LogP contribution < -0.4 is 4.87 Å². The van der Waals surface area contributed by atoms with Crippen molar-refractivity contribution in [3.8, 4) is 5.82 Å². The number of halogens is 1. The molecule has 3 aromatic heterocycles. The van der Waals surface area contributed by atoms with Crippen LogP contribution in [0.3, 0.4) is 0 Å². The van der Waals surface area contributed by atoms with E-state index in [1.54, 1.807) is 10.9 Å². The number of hydrogen-bond donors (Lipinski definition) is 1. The minimum atomic E-state index is -0.384. The summed E-state index contributed by atoms with van der Waals surface area (Å²) >= 11 is 1.21. The zero-order valence-corrected chi connectivity index (χ0v) is 15.0. The summed E-state index contributed by atoms with van der Waals surface area (Å²) in [7, 11) is 0. The number of rotatable bonds is 5. The SMILES string of the molecule is CC(c1ccc2[nH]c(=O)sc2c1)c1ccn(-c2ccc(CCF)cn2)n1. The van der Waals surface area contributed by atoms with Crippen LogP contribution in [0.15, 0.2) is 53.6 Å². The van der Waals surface area contributed by atoms with Gasteiger partial charge in [-0.05, 0) is 35.4 Å². The molecular formula is C19H17FN4OS. The molecule has 7 heteroatoms. The van der Waals surface area contributed by atoms with Gasteiger partial charge in [0.1, 0.15) is 0 Å². The van der Waals surface area contributed by atoms with E-state index in [2.05, 4.69) is 22.0 Å². The molecule has 1 unspecified atom stereocenters. The standard InChI is InChI=1S/C19H17FN4OS/c1-12(14-3-4-16-17(10-14)26-19(25)22-16)15-7-9-24(23-15)18-5-2-13(6-8-20)11-21-18/h2-5,7,9-12H,6,8H2,1H3,(H,22,25). The molecule has 0 saturated heterocycles. The van der Waals surface area contributed by atoms with Crippen LogP contribution in [0.4, 0.5) is 4.39 Å². The van der Waals surface area contributed by atoms with Gasteiger partial charge in [0, 0.05) is 24.7 Å². The average molecular weight is 368 g/mol. The molecule has 0 spiro atoms. The Hall–Kier alpha value is -2.80. The van der Waals surface area contributed by atoms with E-state index in [0.717, 1.165) is 27.0 Å². The first-order valence-electron chi connectivity index (χ1n) is 8.33. The number of thiazole rings is 1. The lowest BCUT2D eigenvalue weighted by Gasteiger charge is -2.09. The van der Waals surface area contributed by atoms with Crippen LogP contribution in [-0.4, -0.2) is 26.4 Å². The molecule has 0 aliphatic heterocycles. The second kappa shape index (κ2) is 6.84. The molecule has 0 fully saturated rings. The topological polar surface area (TPSA) is 63.6 Å². The van der Waals surface area contributed by atoms with E-state index in [-0.39, 0.29) is 17.5 Å². The van der Waals surface area contributed by atoms with Gasteiger partial charge < -0.3 is 4.98 Å². The van der Waals surface area contributed by atoms with Crippen LogP contribution in [0.2, 0.25) is 0 Å². The van der Waals surface area contributed by atoms with Crippen molar-refractivity contribution in [1.29, 1.82) is 0 Å². The summed E-state index contributed by atoms with van der Waals surface area (Å²) in [6.45, 7) is 1.70. The van der Waals surface area contributed by atoms with Gasteiger partial charge in [0.2, 0.25) is 0 Å². The summed E-state index contributed by atoms with van der Waals surface area (Å²) < 4.78 is 15.1. The highest BCUT2D eigenvalue weighted by Crippen LogP contribution is 2.26. The highest BCUT2D eigenvalue weighted by Gasteiger charge is 2.14. The summed E-state index contributed by atoms with van der Waals surface area (Å²) in [5.74, 6) is 0.786. The second-order valence-electron chi connectivity index (χ2n) is 6.14. The Morgan fingerprint density at radius 3 is 2.92 bits per heavy atom. The van der Waals surface area contributed by atoms with Gasteiger partial charge in [-0.15, -0.1) is 0 Å². The van der Waals surface area contributed by atoms with E-state index in [4.69, 9.17) is 0 Å². The van der Waals surface area contributed by atoms with Gasteiger partial charge in [-0.2, -0.15) is 5.10 Å². The van der Waals surface area contributed by atoms with Crippen LogP contribution in [-0.2, 0) is 6.42 Å². The first-order chi connectivity index (χ1) is 12.6. The molecule has 26 heavy (non-hydrogen) atoms. The van der Waals surface area contributed by atoms with Gasteiger partial charge in [-0.25, -0.2) is 9.67 Å². The number of aryl methyl sites for hydroxylation is 1. The Balaban J connectivity index is 1.60. The number of aromatic amines is 1. The molecule has 1 N–H and O–H groups in total. The Kier molecular flexibility index (Phi) is 4.38. The number of H-pyrrole nitrogens is 1. The van der Waals surface area contributed by atoms with Crippen molar-refractivity contribution >= 4 is 21.6 Å². The monoisotopic (exact) mass is 368 g/mol. The van der Waals surface area contributed by atoms with Gasteiger partial charge in [0.25, 0.3) is 0 Å². The normalized spacial score (nSPS) is 12.5. The van der Waals surface area contributed by atoms with E-state index in [1.807, 2.05) is 42.6 Å². The lowest BCUT2D eigenvalue weighted by Crippen LogP contribution is -2.02. The van der Waals surface area contributed by atoms with Gasteiger partial charge in [-0.3, -0.25) is 9.18 Å². The maximum absolute atomic E-state index is 12.4. The third kappa shape index (κ3) is 3.17. The summed E-state index contributed by atoms with van der Waals surface area (Å²) in [5.41, 5.74) is 3.75. The lowest BCUT2D eigenvalue weighted by atomic mass is 9.98. The largest absolute Gasteiger partial charge is 0.312 e. The van der Waals surface area contributed by atoms with Crippen molar-refractivity contribution in [3.63, 3.8) is 0 Å². The van der Waals surface area contributed by atoms with Crippen molar-refractivity contribution in [2.24, 2.45) is 0 Å². The molecule has 4 aromatic rings. The number of nitrogens with one attached hydrogen (secondary N) is 1. The van der Waals surface area contributed by atoms with Crippen LogP contribution in [0, 0.1) is 0 Å². The molecule has 0 aliphatic rings. The van der Waals surface area contributed by atoms with Gasteiger partial charge in [0.05, 0.1) is 22.6 Å². The number of pyridine rings is 1. The smallest absolute Gasteiger partial charge is 0.305 e. The van der Waals surface area contributed by atoms with Crippen LogP contribution >= 0.6 is 11.3 Å². The molecule has 1 atom stereocenters. The van der Waals surface area contributed by atoms with E-state index >= 15 is 0 Å². The van der Waals surface area contributed by atoms with Crippen molar-refractivity contribution in [1.82, 2.24) is 19.7 Å². The number of nitrogens with zero attached hydrogens (tertiary/aromatic N) is 3. The van der Waals surface area contributed by atoms with Crippen molar-refractivity contribution in [3.05, 3.63) is 75.3 Å². The van der Waals surface area contributed by atoms with Crippen LogP contribution in [0.25, 0.3) is 16.0 Å². The Bertz CT molecular complexity index is 1100. The van der Waals surface area contributed by atoms with Crippen LogP contribution in [0.1, 0.15) is 29.7 Å². The third-order valence-electron chi connectivity index (χ3n) is 4.43. The fourth-order valence-electron chi connectivity index (χ4n) is 2.91. The molecule has 0 aliphatic carbocycles. The minimum absolute atomic E-state index is 0.0450. The average Bonchev–Trinajstić information content (AvgIpc) is 3.27. The van der Waals surface area contributed by atoms with Crippen molar-refractivity contribution in [2.45, 2.75) is 19.3 Å². The summed E-state index contributed by atoms with van der Waals surface area (Å²) in [6.07, 6.45) is 3.93. The zero-order chi connectivity index (χ0) is 18.1. The maximum Gasteiger partial charge on any atom is 0.305 e. The fourth-order valence-corrected chi connectivity index (χ4v) is 3.69. The Labute approximate surface area is 153 Å². The number of hydrogen-bond acceptors (Lipinski definition) is 4. The van der Waals surface area contributed by atoms with Gasteiger partial charge >= 0.3 is 4.87 Å². The molecule has 5 nitrogen and oxygen atoms in total. The van der Waals surface area contributed by atoms with Gasteiger partial charge in [0.15, 0.2) is 5.82 Å². The third-order valence-corrected chi connectivity index (χ3v) is 5.27. The predicted octanol–water partition coefficient (Wildman–Crippen LogP) is 3.83. The molecule has 0 saturated carbocycles. The number of alkyl halides is 1. The van der Waals surface area contributed by atoms with E-state index in [0.29, 0.717) is 12.2 Å². The fraction of sp³-hybridized carbons (Fsp3) is 0.211. The van der Waals surface area contributed by atoms with Crippen LogP contribution in [0.5, 0.6) is 0 Å². The molecule has 4 rings (SSSR count). The second-order valence-corrected chi connectivity index (χ2v) is 7.16. The molecule has 3 heterocycles. The van der Waals surface area contributed by atoms with Crippen molar-refractivity contribution in [2.75, 3.05) is 6.67 Å². The molecule has 0 radical (unpaired) electrons. The lowest BCUT2D eigenvalue weighted by molar-refractivity contribution is 0.495. The first-order valence-corrected chi connectivity index (χ1v) is 9.15. The maximum atomic E-state index is 12.4. The van der Waals surface area contributed by atoms with Gasteiger partial charge in [-0.1, -0.05) is 30.4 Å². The molecular weight excluding hydrogens is 351 g/mol. The van der Waals surface area contributed by atoms with E-state index < -0.39 is 0 Å². The highest BCUT2D eigenvalue weighted by atomic mass is 32.1. The summed E-state index contributed by atoms with van der Waals surface area (Å²) in [4.78, 5) is 18.6. The number of fused-ring (bicyclic) bond motifs is 1. The molecule has 132 valence electrons. The Morgan fingerprint density at radius 2 is 2.15 bits per heavy atom. The first kappa shape index (κ1) is 16.7. The summed E-state index contributed by atoms with van der Waals surface area (Å²) in [6, 6.07) is 11.7. The number of aromatic nitrogens is 4. The van der Waals surface area contributed by atoms with E-state index in [9.17, 15) is 9.18 Å². The minimum Gasteiger partial charge on any atom is -0.312 e.